The first-order valence-corrected chi connectivity index (χ1v) is 7.14. The molecule has 6 heteroatoms. The molecule has 0 radical (unpaired) electrons. The van der Waals surface area contributed by atoms with Crippen LogP contribution in [0.4, 0.5) is 0 Å². The minimum absolute atomic E-state index is 0.0278. The lowest BCUT2D eigenvalue weighted by Crippen LogP contribution is -2.32. The number of nitrogens with zero attached hydrogens (tertiary/aromatic N) is 1. The zero-order valence-electron chi connectivity index (χ0n) is 10.7. The molecule has 18 heavy (non-hydrogen) atoms. The summed E-state index contributed by atoms with van der Waals surface area (Å²) in [5, 5.41) is 0. The van der Waals surface area contributed by atoms with Gasteiger partial charge in [-0.2, -0.15) is 8.42 Å². The van der Waals surface area contributed by atoms with E-state index >= 15 is 0 Å². The number of aryl methyl sites for hydroxylation is 1. The molecule has 0 spiro atoms. The normalized spacial score (nSPS) is 16.8. The predicted molar refractivity (Wildman–Crippen MR) is 69.3 cm³/mol. The third-order valence-corrected chi connectivity index (χ3v) is 3.62. The van der Waals surface area contributed by atoms with E-state index in [9.17, 15) is 8.42 Å². The molecule has 5 nitrogen and oxygen atoms in total. The third kappa shape index (κ3) is 5.14. The first-order chi connectivity index (χ1) is 8.41. The van der Waals surface area contributed by atoms with Crippen LogP contribution < -0.4 is 0 Å². The van der Waals surface area contributed by atoms with Crippen LogP contribution in [-0.4, -0.2) is 51.2 Å². The van der Waals surface area contributed by atoms with E-state index in [1.54, 1.807) is 25.1 Å². The van der Waals surface area contributed by atoms with Crippen LogP contribution in [0.1, 0.15) is 5.56 Å². The molecule has 0 unspecified atom stereocenters. The fourth-order valence-electron chi connectivity index (χ4n) is 1.50. The van der Waals surface area contributed by atoms with Gasteiger partial charge in [0.25, 0.3) is 10.1 Å². The van der Waals surface area contributed by atoms with Gasteiger partial charge in [-0.25, -0.2) is 0 Å². The molecule has 1 saturated heterocycles. The van der Waals surface area contributed by atoms with E-state index in [1.807, 2.05) is 0 Å². The quantitative estimate of drug-likeness (QED) is 0.779. The minimum Gasteiger partial charge on any atom is -0.379 e. The topological polar surface area (TPSA) is 66.8 Å². The molecule has 1 heterocycles. The molecule has 1 aromatic rings. The van der Waals surface area contributed by atoms with Gasteiger partial charge in [0.15, 0.2) is 0 Å². The number of rotatable bonds is 1. The van der Waals surface area contributed by atoms with Crippen LogP contribution in [0.3, 0.4) is 0 Å². The van der Waals surface area contributed by atoms with Crippen molar-refractivity contribution < 1.29 is 17.7 Å². The number of hydrogen-bond acceptors (Lipinski definition) is 4. The van der Waals surface area contributed by atoms with Crippen LogP contribution in [0.5, 0.6) is 0 Å². The standard InChI is InChI=1S/C7H8O3S.C5H11NO/c1-6-4-2-3-5-7(6)11(8,9)10;1-6-2-4-7-5-3-6/h2-5H,1H3,(H,8,9,10);2-5H2,1H3. The highest BCUT2D eigenvalue weighted by atomic mass is 32.2. The van der Waals surface area contributed by atoms with Crippen molar-refractivity contribution in [3.63, 3.8) is 0 Å². The molecule has 1 N–H and O–H groups in total. The second-order valence-electron chi connectivity index (χ2n) is 4.16. The number of likely N-dealkylation sites (N-methyl/N-ethyl adjacent to an activating group) is 1. The highest BCUT2D eigenvalue weighted by Gasteiger charge is 2.10. The Hall–Kier alpha value is -0.950. The van der Waals surface area contributed by atoms with Crippen LogP contribution in [0, 0.1) is 6.92 Å². The summed E-state index contributed by atoms with van der Waals surface area (Å²) in [6.45, 7) is 5.65. The predicted octanol–water partition coefficient (Wildman–Crippen LogP) is 1.19. The third-order valence-electron chi connectivity index (χ3n) is 2.61. The second kappa shape index (κ2) is 6.84. The molecule has 1 fully saturated rings. The van der Waals surface area contributed by atoms with Crippen molar-refractivity contribution >= 4 is 10.1 Å². The van der Waals surface area contributed by atoms with Gasteiger partial charge in [0.1, 0.15) is 0 Å². The largest absolute Gasteiger partial charge is 0.379 e. The van der Waals surface area contributed by atoms with Crippen molar-refractivity contribution in [3.05, 3.63) is 29.8 Å². The van der Waals surface area contributed by atoms with Gasteiger partial charge in [-0.05, 0) is 25.6 Å². The van der Waals surface area contributed by atoms with Crippen molar-refractivity contribution in [1.29, 1.82) is 0 Å². The molecule has 102 valence electrons. The van der Waals surface area contributed by atoms with Crippen LogP contribution in [-0.2, 0) is 14.9 Å². The van der Waals surface area contributed by atoms with Gasteiger partial charge in [-0.1, -0.05) is 18.2 Å². The zero-order valence-corrected chi connectivity index (χ0v) is 11.5. The second-order valence-corrected chi connectivity index (χ2v) is 5.55. The average molecular weight is 273 g/mol. The van der Waals surface area contributed by atoms with Crippen LogP contribution in [0.2, 0.25) is 0 Å². The molecule has 0 atom stereocenters. The van der Waals surface area contributed by atoms with E-state index < -0.39 is 10.1 Å². The smallest absolute Gasteiger partial charge is 0.294 e. The zero-order chi connectivity index (χ0) is 13.6. The Morgan fingerprint density at radius 3 is 2.11 bits per heavy atom. The van der Waals surface area contributed by atoms with Crippen LogP contribution >= 0.6 is 0 Å². The Morgan fingerprint density at radius 2 is 1.78 bits per heavy atom. The van der Waals surface area contributed by atoms with Gasteiger partial charge in [-0.3, -0.25) is 4.55 Å². The van der Waals surface area contributed by atoms with E-state index in [1.165, 1.54) is 6.07 Å². The van der Waals surface area contributed by atoms with Crippen molar-refractivity contribution in [1.82, 2.24) is 4.90 Å². The van der Waals surface area contributed by atoms with Gasteiger partial charge in [-0.15, -0.1) is 0 Å². The molecule has 0 aliphatic carbocycles. The van der Waals surface area contributed by atoms with Gasteiger partial charge in [0.2, 0.25) is 0 Å². The Labute approximate surface area is 108 Å². The summed E-state index contributed by atoms with van der Waals surface area (Å²) in [6.07, 6.45) is 0. The van der Waals surface area contributed by atoms with E-state index in [0.717, 1.165) is 26.3 Å². The Balaban J connectivity index is 0.000000199. The van der Waals surface area contributed by atoms with Gasteiger partial charge >= 0.3 is 0 Å². The van der Waals surface area contributed by atoms with Crippen LogP contribution in [0.15, 0.2) is 29.2 Å². The van der Waals surface area contributed by atoms with Gasteiger partial charge < -0.3 is 9.64 Å². The van der Waals surface area contributed by atoms with Gasteiger partial charge in [0.05, 0.1) is 18.1 Å². The summed E-state index contributed by atoms with van der Waals surface area (Å²) < 4.78 is 35.0. The summed E-state index contributed by atoms with van der Waals surface area (Å²) >= 11 is 0. The van der Waals surface area contributed by atoms with Crippen molar-refractivity contribution in [2.75, 3.05) is 33.4 Å². The molecule has 0 amide bonds. The lowest BCUT2D eigenvalue weighted by molar-refractivity contribution is 0.0503. The lowest BCUT2D eigenvalue weighted by Gasteiger charge is -2.21. The lowest BCUT2D eigenvalue weighted by atomic mass is 10.2. The number of benzene rings is 1. The molecule has 2 rings (SSSR count). The maximum atomic E-state index is 10.6. The molecular weight excluding hydrogens is 254 g/mol. The van der Waals surface area contributed by atoms with Gasteiger partial charge in [0, 0.05) is 13.1 Å². The highest BCUT2D eigenvalue weighted by molar-refractivity contribution is 7.85. The Kier molecular flexibility index (Phi) is 5.74. The summed E-state index contributed by atoms with van der Waals surface area (Å²) in [6, 6.07) is 6.27. The Bertz CT molecular complexity index is 467. The highest BCUT2D eigenvalue weighted by Crippen LogP contribution is 2.12. The molecular formula is C12H19NO4S. The fourth-order valence-corrected chi connectivity index (χ4v) is 2.23. The summed E-state index contributed by atoms with van der Waals surface area (Å²) in [7, 11) is -1.92. The number of morpholine rings is 1. The molecule has 0 bridgehead atoms. The monoisotopic (exact) mass is 273 g/mol. The van der Waals surface area contributed by atoms with Crippen molar-refractivity contribution in [2.24, 2.45) is 0 Å². The summed E-state index contributed by atoms with van der Waals surface area (Å²) in [4.78, 5) is 2.24. The van der Waals surface area contributed by atoms with E-state index in [0.29, 0.717) is 5.56 Å². The maximum Gasteiger partial charge on any atom is 0.294 e. The number of ether oxygens (including phenoxy) is 1. The van der Waals surface area contributed by atoms with E-state index in [4.69, 9.17) is 9.29 Å². The SMILES string of the molecule is CN1CCOCC1.Cc1ccccc1S(=O)(=O)O. The van der Waals surface area contributed by atoms with Crippen LogP contribution in [0.25, 0.3) is 0 Å². The first-order valence-electron chi connectivity index (χ1n) is 5.70. The molecule has 1 aromatic carbocycles. The minimum atomic E-state index is -4.03. The fraction of sp³-hybridized carbons (Fsp3) is 0.500. The summed E-state index contributed by atoms with van der Waals surface area (Å²) in [5.74, 6) is 0. The molecule has 1 aliphatic heterocycles. The Morgan fingerprint density at radius 1 is 1.22 bits per heavy atom. The molecule has 0 aromatic heterocycles. The van der Waals surface area contributed by atoms with Crippen molar-refractivity contribution in [2.45, 2.75) is 11.8 Å². The first kappa shape index (κ1) is 15.1. The maximum absolute atomic E-state index is 10.6. The number of hydrogen-bond donors (Lipinski definition) is 1. The van der Waals surface area contributed by atoms with Crippen molar-refractivity contribution in [3.8, 4) is 0 Å². The summed E-state index contributed by atoms with van der Waals surface area (Å²) in [5.41, 5.74) is 0.551. The average Bonchev–Trinajstić information content (AvgIpc) is 2.30. The van der Waals surface area contributed by atoms with E-state index in [-0.39, 0.29) is 4.90 Å². The molecule has 1 aliphatic rings. The van der Waals surface area contributed by atoms with E-state index in [2.05, 4.69) is 11.9 Å². The molecule has 0 saturated carbocycles.